The van der Waals surface area contributed by atoms with Crippen LogP contribution in [0, 0.1) is 0 Å². The van der Waals surface area contributed by atoms with Gasteiger partial charge in [-0.15, -0.1) is 0 Å². The Labute approximate surface area is 82.3 Å². The molecule has 2 rings (SSSR count). The smallest absolute Gasteiger partial charge is 0.0875 e. The third-order valence-electron chi connectivity index (χ3n) is 1.84. The van der Waals surface area contributed by atoms with Gasteiger partial charge in [-0.3, -0.25) is 9.40 Å². The maximum Gasteiger partial charge on any atom is 0.0875 e. The van der Waals surface area contributed by atoms with Gasteiger partial charge in [0.2, 0.25) is 0 Å². The zero-order valence-electron chi connectivity index (χ0n) is 7.02. The van der Waals surface area contributed by atoms with Gasteiger partial charge in [0.25, 0.3) is 0 Å². The van der Waals surface area contributed by atoms with Gasteiger partial charge in [-0.2, -0.15) is 0 Å². The lowest BCUT2D eigenvalue weighted by Crippen LogP contribution is -2.13. The molecule has 0 saturated carbocycles. The second-order valence-electron chi connectivity index (χ2n) is 2.74. The van der Waals surface area contributed by atoms with E-state index in [4.69, 9.17) is 11.8 Å². The van der Waals surface area contributed by atoms with Crippen LogP contribution in [0.3, 0.4) is 0 Å². The first kappa shape index (κ1) is 8.32. The van der Waals surface area contributed by atoms with Gasteiger partial charge in [-0.25, -0.2) is 0 Å². The molecule has 0 aromatic carbocycles. The maximum atomic E-state index is 5.99. The number of rotatable bonds is 1. The SMILES string of the molecule is ClN1CC=CC=C1c1ccccn1. The summed E-state index contributed by atoms with van der Waals surface area (Å²) in [5, 5.41) is 0. The van der Waals surface area contributed by atoms with Gasteiger partial charge in [0.1, 0.15) is 0 Å². The van der Waals surface area contributed by atoms with Crippen molar-refractivity contribution in [1.29, 1.82) is 0 Å². The van der Waals surface area contributed by atoms with Crippen LogP contribution in [0.2, 0.25) is 0 Å². The molecular formula is C10H9ClN2. The minimum Gasteiger partial charge on any atom is -0.279 e. The van der Waals surface area contributed by atoms with Crippen molar-refractivity contribution in [2.75, 3.05) is 6.54 Å². The van der Waals surface area contributed by atoms with Crippen LogP contribution in [0.1, 0.15) is 5.69 Å². The summed E-state index contributed by atoms with van der Waals surface area (Å²) in [6, 6.07) is 5.79. The average molecular weight is 193 g/mol. The molecule has 0 atom stereocenters. The van der Waals surface area contributed by atoms with Gasteiger partial charge in [0, 0.05) is 18.0 Å². The van der Waals surface area contributed by atoms with Crippen molar-refractivity contribution in [3.05, 3.63) is 48.3 Å². The van der Waals surface area contributed by atoms with Gasteiger partial charge in [-0.1, -0.05) is 18.2 Å². The van der Waals surface area contributed by atoms with E-state index in [0.717, 1.165) is 17.9 Å². The van der Waals surface area contributed by atoms with Gasteiger partial charge >= 0.3 is 0 Å². The van der Waals surface area contributed by atoms with Crippen LogP contribution in [0.15, 0.2) is 42.6 Å². The minimum absolute atomic E-state index is 0.726. The van der Waals surface area contributed by atoms with Crippen molar-refractivity contribution < 1.29 is 0 Å². The first-order valence-corrected chi connectivity index (χ1v) is 4.43. The molecule has 0 fully saturated rings. The summed E-state index contributed by atoms with van der Waals surface area (Å²) in [5.74, 6) is 0. The van der Waals surface area contributed by atoms with Crippen molar-refractivity contribution >= 4 is 17.5 Å². The molecule has 1 aliphatic rings. The van der Waals surface area contributed by atoms with Crippen LogP contribution in [0.25, 0.3) is 5.70 Å². The molecule has 0 radical (unpaired) electrons. The minimum atomic E-state index is 0.726. The van der Waals surface area contributed by atoms with E-state index in [1.165, 1.54) is 0 Å². The van der Waals surface area contributed by atoms with Gasteiger partial charge in [-0.05, 0) is 18.2 Å². The highest BCUT2D eigenvalue weighted by molar-refractivity contribution is 6.17. The summed E-state index contributed by atoms with van der Waals surface area (Å²) in [6.07, 6.45) is 7.71. The Balaban J connectivity index is 2.35. The zero-order valence-corrected chi connectivity index (χ0v) is 7.78. The first-order chi connectivity index (χ1) is 6.38. The first-order valence-electron chi connectivity index (χ1n) is 4.09. The Hall–Kier alpha value is -1.28. The molecule has 0 bridgehead atoms. The third kappa shape index (κ3) is 1.73. The molecule has 3 heteroatoms. The largest absolute Gasteiger partial charge is 0.279 e. The number of allylic oxidation sites excluding steroid dienone is 2. The molecule has 0 amide bonds. The number of hydrogen-bond acceptors (Lipinski definition) is 2. The molecule has 0 spiro atoms. The molecule has 66 valence electrons. The highest BCUT2D eigenvalue weighted by atomic mass is 35.5. The standard InChI is InChI=1S/C10H9ClN2/c11-13-8-4-2-6-10(13)9-5-1-3-7-12-9/h1-7H,8H2. The number of hydrogen-bond donors (Lipinski definition) is 0. The van der Waals surface area contributed by atoms with E-state index in [1.807, 2.05) is 36.4 Å². The Morgan fingerprint density at radius 3 is 3.00 bits per heavy atom. The van der Waals surface area contributed by atoms with E-state index in [1.54, 1.807) is 10.6 Å². The normalized spacial score (nSPS) is 15.8. The molecule has 1 aromatic heterocycles. The predicted octanol–water partition coefficient (Wildman–Crippen LogP) is 2.45. The Kier molecular flexibility index (Phi) is 2.32. The van der Waals surface area contributed by atoms with E-state index in [0.29, 0.717) is 0 Å². The predicted molar refractivity (Wildman–Crippen MR) is 53.9 cm³/mol. The summed E-state index contributed by atoms with van der Waals surface area (Å²) in [5.41, 5.74) is 1.85. The highest BCUT2D eigenvalue weighted by Gasteiger charge is 2.10. The summed E-state index contributed by atoms with van der Waals surface area (Å²) >= 11 is 5.99. The molecule has 1 aliphatic heterocycles. The monoisotopic (exact) mass is 192 g/mol. The summed E-state index contributed by atoms with van der Waals surface area (Å²) in [6.45, 7) is 0.726. The van der Waals surface area contributed by atoms with Gasteiger partial charge < -0.3 is 0 Å². The molecule has 1 aromatic rings. The van der Waals surface area contributed by atoms with Crippen molar-refractivity contribution in [2.45, 2.75) is 0 Å². The molecule has 2 nitrogen and oxygen atoms in total. The number of nitrogens with zero attached hydrogens (tertiary/aromatic N) is 2. The maximum absolute atomic E-state index is 5.99. The van der Waals surface area contributed by atoms with Crippen LogP contribution in [-0.2, 0) is 0 Å². The topological polar surface area (TPSA) is 16.1 Å². The van der Waals surface area contributed by atoms with Crippen LogP contribution < -0.4 is 0 Å². The van der Waals surface area contributed by atoms with E-state index >= 15 is 0 Å². The quantitative estimate of drug-likeness (QED) is 0.636. The second kappa shape index (κ2) is 3.62. The van der Waals surface area contributed by atoms with Crippen molar-refractivity contribution in [2.24, 2.45) is 0 Å². The molecular weight excluding hydrogens is 184 g/mol. The summed E-state index contributed by atoms with van der Waals surface area (Å²) in [4.78, 5) is 4.22. The molecule has 0 aliphatic carbocycles. The van der Waals surface area contributed by atoms with Crippen molar-refractivity contribution in [1.82, 2.24) is 9.40 Å². The van der Waals surface area contributed by atoms with Crippen molar-refractivity contribution in [3.8, 4) is 0 Å². The zero-order chi connectivity index (χ0) is 9.10. The second-order valence-corrected chi connectivity index (χ2v) is 3.15. The highest BCUT2D eigenvalue weighted by Crippen LogP contribution is 2.21. The fourth-order valence-corrected chi connectivity index (χ4v) is 1.44. The number of pyridine rings is 1. The fraction of sp³-hybridized carbons (Fsp3) is 0.100. The van der Waals surface area contributed by atoms with Crippen LogP contribution >= 0.6 is 11.8 Å². The molecule has 0 N–H and O–H groups in total. The van der Waals surface area contributed by atoms with Crippen LogP contribution in [-0.4, -0.2) is 15.9 Å². The summed E-state index contributed by atoms with van der Waals surface area (Å²) < 4.78 is 1.66. The summed E-state index contributed by atoms with van der Waals surface area (Å²) in [7, 11) is 0. The van der Waals surface area contributed by atoms with Crippen LogP contribution in [0.5, 0.6) is 0 Å². The third-order valence-corrected chi connectivity index (χ3v) is 2.16. The fourth-order valence-electron chi connectivity index (χ4n) is 1.22. The van der Waals surface area contributed by atoms with Gasteiger partial charge in [0.05, 0.1) is 17.9 Å². The van der Waals surface area contributed by atoms with E-state index in [2.05, 4.69) is 4.98 Å². The molecule has 0 unspecified atom stereocenters. The Morgan fingerprint density at radius 2 is 2.31 bits per heavy atom. The lowest BCUT2D eigenvalue weighted by molar-refractivity contribution is 0.694. The van der Waals surface area contributed by atoms with E-state index < -0.39 is 0 Å². The lowest BCUT2D eigenvalue weighted by atomic mass is 10.2. The molecule has 2 heterocycles. The lowest BCUT2D eigenvalue weighted by Gasteiger charge is -2.19. The van der Waals surface area contributed by atoms with E-state index in [9.17, 15) is 0 Å². The average Bonchev–Trinajstić information content (AvgIpc) is 2.20. The Morgan fingerprint density at radius 1 is 1.38 bits per heavy atom. The molecule has 0 saturated heterocycles. The van der Waals surface area contributed by atoms with Crippen LogP contribution in [0.4, 0.5) is 0 Å². The van der Waals surface area contributed by atoms with Gasteiger partial charge in [0.15, 0.2) is 0 Å². The van der Waals surface area contributed by atoms with Crippen molar-refractivity contribution in [3.63, 3.8) is 0 Å². The molecule has 13 heavy (non-hydrogen) atoms. The van der Waals surface area contributed by atoms with E-state index in [-0.39, 0.29) is 0 Å². The number of aromatic nitrogens is 1. The number of halogens is 1. The Bertz CT molecular complexity index is 343.